The Morgan fingerprint density at radius 1 is 1.25 bits per heavy atom. The molecule has 1 amide bonds. The van der Waals surface area contributed by atoms with E-state index < -0.39 is 12.7 Å². The van der Waals surface area contributed by atoms with Gasteiger partial charge in [-0.1, -0.05) is 0 Å². The first-order valence-corrected chi connectivity index (χ1v) is 6.15. The second-order valence-corrected chi connectivity index (χ2v) is 4.66. The van der Waals surface area contributed by atoms with Crippen molar-refractivity contribution in [3.05, 3.63) is 23.9 Å². The van der Waals surface area contributed by atoms with Crippen LogP contribution in [0.25, 0.3) is 0 Å². The van der Waals surface area contributed by atoms with Crippen molar-refractivity contribution in [3.8, 4) is 0 Å². The molecule has 0 aromatic carbocycles. The number of piperazine rings is 1. The van der Waals surface area contributed by atoms with E-state index in [0.29, 0.717) is 11.4 Å². The Kier molecular flexibility index (Phi) is 4.12. The summed E-state index contributed by atoms with van der Waals surface area (Å²) in [5.41, 5.74) is 5.83. The van der Waals surface area contributed by atoms with Crippen LogP contribution < -0.4 is 5.73 Å². The minimum Gasteiger partial charge on any atom is -0.384 e. The topological polar surface area (TPSA) is 62.5 Å². The molecule has 1 aromatic heterocycles. The van der Waals surface area contributed by atoms with Crippen molar-refractivity contribution >= 4 is 11.7 Å². The van der Waals surface area contributed by atoms with Gasteiger partial charge in [-0.15, -0.1) is 0 Å². The average molecular weight is 288 g/mol. The molecular formula is C12H15F3N4O. The molecular weight excluding hydrogens is 273 g/mol. The van der Waals surface area contributed by atoms with Crippen LogP contribution in [0.2, 0.25) is 0 Å². The molecule has 1 aliphatic heterocycles. The third-order valence-corrected chi connectivity index (χ3v) is 3.10. The standard InChI is InChI=1S/C12H15F3N4O/c13-12(14,15)8-18-3-5-19(6-4-18)11(20)9-1-2-10(16)17-7-9/h1-2,7H,3-6,8H2,(H2,16,17). The van der Waals surface area contributed by atoms with Gasteiger partial charge in [-0.25, -0.2) is 4.98 Å². The molecule has 0 bridgehead atoms. The maximum Gasteiger partial charge on any atom is 0.401 e. The fourth-order valence-electron chi connectivity index (χ4n) is 2.08. The zero-order valence-corrected chi connectivity index (χ0v) is 10.7. The third kappa shape index (κ3) is 3.83. The zero-order chi connectivity index (χ0) is 14.8. The lowest BCUT2D eigenvalue weighted by Gasteiger charge is -2.34. The molecule has 5 nitrogen and oxygen atoms in total. The van der Waals surface area contributed by atoms with Gasteiger partial charge < -0.3 is 10.6 Å². The van der Waals surface area contributed by atoms with E-state index in [9.17, 15) is 18.0 Å². The normalized spacial score (nSPS) is 17.2. The minimum absolute atomic E-state index is 0.216. The highest BCUT2D eigenvalue weighted by Crippen LogP contribution is 2.18. The second kappa shape index (κ2) is 5.66. The van der Waals surface area contributed by atoms with Gasteiger partial charge in [-0.2, -0.15) is 13.2 Å². The smallest absolute Gasteiger partial charge is 0.384 e. The van der Waals surface area contributed by atoms with Crippen LogP contribution in [0.4, 0.5) is 19.0 Å². The van der Waals surface area contributed by atoms with Gasteiger partial charge in [0.2, 0.25) is 0 Å². The van der Waals surface area contributed by atoms with E-state index in [-0.39, 0.29) is 32.1 Å². The maximum absolute atomic E-state index is 12.3. The second-order valence-electron chi connectivity index (χ2n) is 4.66. The molecule has 20 heavy (non-hydrogen) atoms. The Bertz CT molecular complexity index is 467. The lowest BCUT2D eigenvalue weighted by Crippen LogP contribution is -2.50. The number of hydrogen-bond donors (Lipinski definition) is 1. The molecule has 8 heteroatoms. The number of hydrogen-bond acceptors (Lipinski definition) is 4. The van der Waals surface area contributed by atoms with Crippen LogP contribution in [-0.4, -0.2) is 59.6 Å². The van der Waals surface area contributed by atoms with Crippen molar-refractivity contribution in [2.75, 3.05) is 38.5 Å². The number of aromatic nitrogens is 1. The summed E-state index contributed by atoms with van der Waals surface area (Å²) in [5, 5.41) is 0. The number of nitrogen functional groups attached to an aromatic ring is 1. The van der Waals surface area contributed by atoms with Gasteiger partial charge in [0.05, 0.1) is 12.1 Å². The first kappa shape index (κ1) is 14.6. The Morgan fingerprint density at radius 3 is 2.40 bits per heavy atom. The Morgan fingerprint density at radius 2 is 1.90 bits per heavy atom. The summed E-state index contributed by atoms with van der Waals surface area (Å²) in [5.74, 6) is 0.0840. The van der Waals surface area contributed by atoms with Gasteiger partial charge in [-0.3, -0.25) is 9.69 Å². The number of rotatable bonds is 2. The van der Waals surface area contributed by atoms with Crippen LogP contribution in [-0.2, 0) is 0 Å². The molecule has 0 aliphatic carbocycles. The summed E-state index contributed by atoms with van der Waals surface area (Å²) in [6.45, 7) is 0.0539. The van der Waals surface area contributed by atoms with Crippen molar-refractivity contribution in [1.82, 2.24) is 14.8 Å². The monoisotopic (exact) mass is 288 g/mol. The van der Waals surface area contributed by atoms with E-state index >= 15 is 0 Å². The van der Waals surface area contributed by atoms with Crippen LogP contribution >= 0.6 is 0 Å². The van der Waals surface area contributed by atoms with Gasteiger partial charge >= 0.3 is 6.18 Å². The number of anilines is 1. The molecule has 2 heterocycles. The van der Waals surface area contributed by atoms with Crippen LogP contribution in [0, 0.1) is 0 Å². The van der Waals surface area contributed by atoms with Crippen molar-refractivity contribution in [2.45, 2.75) is 6.18 Å². The number of carbonyl (C=O) groups excluding carboxylic acids is 1. The van der Waals surface area contributed by atoms with Gasteiger partial charge in [0.1, 0.15) is 5.82 Å². The van der Waals surface area contributed by atoms with Crippen molar-refractivity contribution < 1.29 is 18.0 Å². The van der Waals surface area contributed by atoms with Crippen LogP contribution in [0.1, 0.15) is 10.4 Å². The van der Waals surface area contributed by atoms with E-state index in [0.717, 1.165) is 0 Å². The van der Waals surface area contributed by atoms with E-state index in [1.54, 1.807) is 6.07 Å². The number of alkyl halides is 3. The molecule has 2 N–H and O–H groups in total. The SMILES string of the molecule is Nc1ccc(C(=O)N2CCN(CC(F)(F)F)CC2)cn1. The van der Waals surface area contributed by atoms with Crippen LogP contribution in [0.5, 0.6) is 0 Å². The molecule has 0 atom stereocenters. The lowest BCUT2D eigenvalue weighted by atomic mass is 10.2. The van der Waals surface area contributed by atoms with Crippen molar-refractivity contribution in [3.63, 3.8) is 0 Å². The molecule has 1 aliphatic rings. The fourth-order valence-corrected chi connectivity index (χ4v) is 2.08. The zero-order valence-electron chi connectivity index (χ0n) is 10.7. The highest BCUT2D eigenvalue weighted by atomic mass is 19.4. The quantitative estimate of drug-likeness (QED) is 0.881. The summed E-state index contributed by atoms with van der Waals surface area (Å²) in [7, 11) is 0. The average Bonchev–Trinajstić information content (AvgIpc) is 2.38. The number of nitrogens with zero attached hydrogens (tertiary/aromatic N) is 3. The molecule has 0 saturated carbocycles. The number of nitrogens with two attached hydrogens (primary N) is 1. The van der Waals surface area contributed by atoms with Crippen molar-refractivity contribution in [2.24, 2.45) is 0 Å². The summed E-state index contributed by atoms with van der Waals surface area (Å²) in [4.78, 5) is 18.8. The van der Waals surface area contributed by atoms with Gasteiger partial charge in [0.15, 0.2) is 0 Å². The minimum atomic E-state index is -4.20. The summed E-state index contributed by atoms with van der Waals surface area (Å²) < 4.78 is 36.8. The van der Waals surface area contributed by atoms with E-state index in [1.807, 2.05) is 0 Å². The van der Waals surface area contributed by atoms with Gasteiger partial charge in [0.25, 0.3) is 5.91 Å². The maximum atomic E-state index is 12.3. The van der Waals surface area contributed by atoms with Gasteiger partial charge in [-0.05, 0) is 12.1 Å². The molecule has 1 aromatic rings. The predicted molar refractivity (Wildman–Crippen MR) is 67.0 cm³/mol. The van der Waals surface area contributed by atoms with E-state index in [4.69, 9.17) is 5.73 Å². The molecule has 0 unspecified atom stereocenters. The largest absolute Gasteiger partial charge is 0.401 e. The van der Waals surface area contributed by atoms with Crippen LogP contribution in [0.15, 0.2) is 18.3 Å². The molecule has 2 rings (SSSR count). The molecule has 1 fully saturated rings. The summed E-state index contributed by atoms with van der Waals surface area (Å²) in [6, 6.07) is 3.08. The Hall–Kier alpha value is -1.83. The fraction of sp³-hybridized carbons (Fsp3) is 0.500. The number of pyridine rings is 1. The molecule has 1 saturated heterocycles. The predicted octanol–water partition coefficient (Wildman–Crippen LogP) is 0.984. The number of amides is 1. The lowest BCUT2D eigenvalue weighted by molar-refractivity contribution is -0.148. The molecule has 0 radical (unpaired) electrons. The summed E-state index contributed by atoms with van der Waals surface area (Å²) in [6.07, 6.45) is -2.83. The van der Waals surface area contributed by atoms with E-state index in [2.05, 4.69) is 4.98 Å². The first-order valence-electron chi connectivity index (χ1n) is 6.15. The van der Waals surface area contributed by atoms with Crippen molar-refractivity contribution in [1.29, 1.82) is 0 Å². The Balaban J connectivity index is 1.90. The molecule has 110 valence electrons. The molecule has 0 spiro atoms. The summed E-state index contributed by atoms with van der Waals surface area (Å²) >= 11 is 0. The number of carbonyl (C=O) groups is 1. The highest BCUT2D eigenvalue weighted by Gasteiger charge is 2.32. The number of halogens is 3. The van der Waals surface area contributed by atoms with Crippen LogP contribution in [0.3, 0.4) is 0 Å². The first-order chi connectivity index (χ1) is 9.35. The van der Waals surface area contributed by atoms with Gasteiger partial charge in [0, 0.05) is 32.4 Å². The third-order valence-electron chi connectivity index (χ3n) is 3.10. The van der Waals surface area contributed by atoms with E-state index in [1.165, 1.54) is 22.1 Å². The highest BCUT2D eigenvalue weighted by molar-refractivity contribution is 5.94. The Labute approximate surface area is 114 Å².